The third-order valence-corrected chi connectivity index (χ3v) is 6.69. The SMILES string of the molecule is CC(C)c1ccc(C(F)(F)C(=O)NCC2C=C3CN(C4CCC(O)NC4=O)C(=O)C3=CC2)cc1. The second kappa shape index (κ2) is 9.29. The molecule has 3 N–H and O–H groups in total. The van der Waals surface area contributed by atoms with E-state index in [2.05, 4.69) is 10.6 Å². The van der Waals surface area contributed by atoms with E-state index in [0.717, 1.165) is 11.1 Å². The molecule has 4 rings (SSSR count). The predicted molar refractivity (Wildman–Crippen MR) is 121 cm³/mol. The van der Waals surface area contributed by atoms with Gasteiger partial charge >= 0.3 is 5.92 Å². The Balaban J connectivity index is 1.37. The van der Waals surface area contributed by atoms with Gasteiger partial charge in [0.2, 0.25) is 5.91 Å². The molecule has 182 valence electrons. The first-order chi connectivity index (χ1) is 16.1. The number of hydrogen-bond donors (Lipinski definition) is 3. The molecule has 2 fully saturated rings. The number of piperidine rings is 1. The van der Waals surface area contributed by atoms with E-state index < -0.39 is 24.1 Å². The summed E-state index contributed by atoms with van der Waals surface area (Å²) >= 11 is 0. The Morgan fingerprint density at radius 2 is 1.94 bits per heavy atom. The fourth-order valence-corrected chi connectivity index (χ4v) is 4.63. The van der Waals surface area contributed by atoms with Crippen molar-refractivity contribution in [3.05, 3.63) is 58.7 Å². The van der Waals surface area contributed by atoms with Gasteiger partial charge in [0, 0.05) is 24.2 Å². The van der Waals surface area contributed by atoms with Gasteiger partial charge in [0.15, 0.2) is 0 Å². The molecule has 9 heteroatoms. The minimum absolute atomic E-state index is 0.01000. The van der Waals surface area contributed by atoms with E-state index in [-0.39, 0.29) is 42.3 Å². The normalized spacial score (nSPS) is 25.0. The number of benzene rings is 1. The van der Waals surface area contributed by atoms with Crippen molar-refractivity contribution in [2.45, 2.75) is 57.2 Å². The van der Waals surface area contributed by atoms with E-state index in [0.29, 0.717) is 24.8 Å². The lowest BCUT2D eigenvalue weighted by Gasteiger charge is -2.32. The van der Waals surface area contributed by atoms with Crippen LogP contribution in [0.25, 0.3) is 0 Å². The molecule has 1 aliphatic carbocycles. The van der Waals surface area contributed by atoms with Crippen LogP contribution in [0.4, 0.5) is 8.78 Å². The summed E-state index contributed by atoms with van der Waals surface area (Å²) < 4.78 is 29.4. The Morgan fingerprint density at radius 1 is 1.24 bits per heavy atom. The van der Waals surface area contributed by atoms with Crippen LogP contribution >= 0.6 is 0 Å². The van der Waals surface area contributed by atoms with Crippen LogP contribution in [0.3, 0.4) is 0 Å². The molecule has 3 atom stereocenters. The van der Waals surface area contributed by atoms with Crippen molar-refractivity contribution in [1.82, 2.24) is 15.5 Å². The topological polar surface area (TPSA) is 98.7 Å². The molecule has 3 unspecified atom stereocenters. The number of aliphatic hydroxyl groups is 1. The highest BCUT2D eigenvalue weighted by Gasteiger charge is 2.43. The second-order valence-electron chi connectivity index (χ2n) is 9.42. The number of halogens is 2. The summed E-state index contributed by atoms with van der Waals surface area (Å²) in [6.45, 7) is 4.17. The molecule has 0 saturated carbocycles. The highest BCUT2D eigenvalue weighted by Crippen LogP contribution is 2.34. The van der Waals surface area contributed by atoms with E-state index in [4.69, 9.17) is 0 Å². The number of carbonyl (C=O) groups excluding carboxylic acids is 3. The van der Waals surface area contributed by atoms with Crippen molar-refractivity contribution in [3.8, 4) is 0 Å². The summed E-state index contributed by atoms with van der Waals surface area (Å²) in [6, 6.07) is 5.13. The van der Waals surface area contributed by atoms with Gasteiger partial charge < -0.3 is 20.6 Å². The largest absolute Gasteiger partial charge is 0.374 e. The maximum atomic E-state index is 14.7. The number of carbonyl (C=O) groups is 3. The zero-order valence-electron chi connectivity index (χ0n) is 19.2. The van der Waals surface area contributed by atoms with Crippen molar-refractivity contribution in [2.75, 3.05) is 13.1 Å². The Labute approximate surface area is 196 Å². The fraction of sp³-hybridized carbons (Fsp3) is 0.480. The molecule has 2 saturated heterocycles. The number of aliphatic hydroxyl groups excluding tert-OH is 1. The zero-order chi connectivity index (χ0) is 24.6. The molecule has 34 heavy (non-hydrogen) atoms. The highest BCUT2D eigenvalue weighted by molar-refractivity contribution is 6.04. The van der Waals surface area contributed by atoms with E-state index in [1.807, 2.05) is 19.9 Å². The molecule has 2 aliphatic heterocycles. The van der Waals surface area contributed by atoms with Crippen LogP contribution in [0.2, 0.25) is 0 Å². The molecule has 1 aromatic rings. The van der Waals surface area contributed by atoms with Crippen LogP contribution in [-0.2, 0) is 20.3 Å². The number of likely N-dealkylation sites (tertiary alicyclic amines) is 1. The molecular formula is C25H29F2N3O4. The van der Waals surface area contributed by atoms with Crippen molar-refractivity contribution in [3.63, 3.8) is 0 Å². The first-order valence-corrected chi connectivity index (χ1v) is 11.5. The van der Waals surface area contributed by atoms with Gasteiger partial charge in [0.25, 0.3) is 11.8 Å². The first kappa shape index (κ1) is 24.1. The highest BCUT2D eigenvalue weighted by atomic mass is 19.3. The first-order valence-electron chi connectivity index (χ1n) is 11.5. The summed E-state index contributed by atoms with van der Waals surface area (Å²) in [6.07, 6.45) is 3.81. The molecule has 0 bridgehead atoms. The van der Waals surface area contributed by atoms with Crippen LogP contribution < -0.4 is 10.6 Å². The van der Waals surface area contributed by atoms with Gasteiger partial charge in [-0.25, -0.2) is 0 Å². The average Bonchev–Trinajstić information content (AvgIpc) is 3.13. The van der Waals surface area contributed by atoms with E-state index in [9.17, 15) is 28.3 Å². The molecule has 0 radical (unpaired) electrons. The number of nitrogens with one attached hydrogen (secondary N) is 2. The summed E-state index contributed by atoms with van der Waals surface area (Å²) in [7, 11) is 0. The maximum Gasteiger partial charge on any atom is 0.349 e. The monoisotopic (exact) mass is 473 g/mol. The number of fused-ring (bicyclic) bond motifs is 1. The van der Waals surface area contributed by atoms with Gasteiger partial charge in [-0.2, -0.15) is 8.78 Å². The maximum absolute atomic E-state index is 14.7. The van der Waals surface area contributed by atoms with Crippen LogP contribution in [-0.4, -0.2) is 53.1 Å². The van der Waals surface area contributed by atoms with Crippen LogP contribution in [0, 0.1) is 5.92 Å². The number of rotatable bonds is 6. The summed E-state index contributed by atoms with van der Waals surface area (Å²) in [5.41, 5.74) is 1.80. The minimum Gasteiger partial charge on any atom is -0.374 e. The van der Waals surface area contributed by atoms with E-state index >= 15 is 0 Å². The molecular weight excluding hydrogens is 444 g/mol. The molecule has 3 amide bonds. The fourth-order valence-electron chi connectivity index (χ4n) is 4.63. The van der Waals surface area contributed by atoms with E-state index in [1.165, 1.54) is 17.0 Å². The van der Waals surface area contributed by atoms with Gasteiger partial charge in [-0.1, -0.05) is 50.3 Å². The molecule has 7 nitrogen and oxygen atoms in total. The van der Waals surface area contributed by atoms with Crippen molar-refractivity contribution >= 4 is 17.7 Å². The second-order valence-corrected chi connectivity index (χ2v) is 9.42. The lowest BCUT2D eigenvalue weighted by Crippen LogP contribution is -2.54. The summed E-state index contributed by atoms with van der Waals surface area (Å²) in [4.78, 5) is 38.8. The van der Waals surface area contributed by atoms with Gasteiger partial charge in [-0.3, -0.25) is 14.4 Å². The smallest absolute Gasteiger partial charge is 0.349 e. The van der Waals surface area contributed by atoms with Gasteiger partial charge in [0.1, 0.15) is 12.3 Å². The van der Waals surface area contributed by atoms with Crippen molar-refractivity contribution in [2.24, 2.45) is 5.92 Å². The minimum atomic E-state index is -3.66. The molecule has 0 aromatic heterocycles. The molecule has 3 aliphatic rings. The van der Waals surface area contributed by atoms with Gasteiger partial charge in [0.05, 0.1) is 0 Å². The van der Waals surface area contributed by atoms with Crippen LogP contribution in [0.1, 0.15) is 50.2 Å². The number of nitrogens with zero attached hydrogens (tertiary/aromatic N) is 1. The Kier molecular flexibility index (Phi) is 6.58. The number of amides is 3. The molecule has 0 spiro atoms. The lowest BCUT2D eigenvalue weighted by atomic mass is 9.91. The molecule has 1 aromatic carbocycles. The van der Waals surface area contributed by atoms with Crippen molar-refractivity contribution < 1.29 is 28.3 Å². The Morgan fingerprint density at radius 3 is 2.59 bits per heavy atom. The number of alkyl halides is 2. The molecule has 2 heterocycles. The van der Waals surface area contributed by atoms with Crippen molar-refractivity contribution in [1.29, 1.82) is 0 Å². The summed E-state index contributed by atoms with van der Waals surface area (Å²) in [5.74, 6) is -5.69. The lowest BCUT2D eigenvalue weighted by molar-refractivity contribution is -0.147. The number of allylic oxidation sites excluding steroid dienone is 1. The van der Waals surface area contributed by atoms with Gasteiger partial charge in [-0.05, 0) is 42.2 Å². The Hall–Kier alpha value is -3.07. The standard InChI is InChI=1S/C25H29F2N3O4/c1-14(2)16-4-6-18(7-5-16)25(26,27)24(34)28-12-15-3-8-19-17(11-15)13-30(23(19)33)20-9-10-21(31)29-22(20)32/h4-8,11,14-15,20-21,31H,3,9-10,12-13H2,1-2H3,(H,28,34)(H,29,32). The van der Waals surface area contributed by atoms with Crippen LogP contribution in [0.15, 0.2) is 47.6 Å². The predicted octanol–water partition coefficient (Wildman–Crippen LogP) is 2.33. The van der Waals surface area contributed by atoms with Crippen LogP contribution in [0.5, 0.6) is 0 Å². The quantitative estimate of drug-likeness (QED) is 0.591. The average molecular weight is 474 g/mol. The zero-order valence-corrected chi connectivity index (χ0v) is 19.2. The third kappa shape index (κ3) is 4.61. The Bertz CT molecular complexity index is 1050. The summed E-state index contributed by atoms with van der Waals surface area (Å²) in [5, 5.41) is 14.4. The number of hydrogen-bond acceptors (Lipinski definition) is 4. The van der Waals surface area contributed by atoms with E-state index in [1.54, 1.807) is 18.2 Å². The third-order valence-electron chi connectivity index (χ3n) is 6.69. The van der Waals surface area contributed by atoms with Gasteiger partial charge in [-0.15, -0.1) is 0 Å².